The van der Waals surface area contributed by atoms with Crippen molar-refractivity contribution in [3.8, 4) is 11.5 Å². The van der Waals surface area contributed by atoms with Gasteiger partial charge in [-0.05, 0) is 24.3 Å². The Morgan fingerprint density at radius 3 is 2.53 bits per heavy atom. The quantitative estimate of drug-likeness (QED) is 0.934. The lowest BCUT2D eigenvalue weighted by molar-refractivity contribution is 0.467. The number of hydrogen-bond acceptors (Lipinski definition) is 4. The molecule has 0 aliphatic heterocycles. The average Bonchev–Trinajstić information content (AvgIpc) is 2.41. The maximum absolute atomic E-state index is 5.76. The van der Waals surface area contributed by atoms with Crippen molar-refractivity contribution in [1.29, 1.82) is 0 Å². The van der Waals surface area contributed by atoms with Crippen molar-refractivity contribution in [1.82, 2.24) is 9.97 Å². The first kappa shape index (κ1) is 14.0. The lowest BCUT2D eigenvalue weighted by Crippen LogP contribution is -2.07. The lowest BCUT2D eigenvalue weighted by atomic mass is 10.2. The Morgan fingerprint density at radius 2 is 1.95 bits per heavy atom. The Hall–Kier alpha value is -1.46. The van der Waals surface area contributed by atoms with Crippen molar-refractivity contribution in [3.05, 3.63) is 46.5 Å². The molecule has 0 spiro atoms. The van der Waals surface area contributed by atoms with E-state index in [4.69, 9.17) is 10.5 Å². The zero-order valence-corrected chi connectivity index (χ0v) is 12.5. The summed E-state index contributed by atoms with van der Waals surface area (Å²) in [5.74, 6) is 2.39. The Bertz CT molecular complexity index is 555. The predicted molar refractivity (Wildman–Crippen MR) is 78.2 cm³/mol. The van der Waals surface area contributed by atoms with Crippen molar-refractivity contribution in [3.63, 3.8) is 0 Å². The van der Waals surface area contributed by atoms with Gasteiger partial charge in [0.15, 0.2) is 5.75 Å². The van der Waals surface area contributed by atoms with Gasteiger partial charge in [0.1, 0.15) is 17.3 Å². The molecule has 2 N–H and O–H groups in total. The van der Waals surface area contributed by atoms with Crippen LogP contribution in [0.4, 0.5) is 0 Å². The molecule has 0 saturated carbocycles. The largest absolute Gasteiger partial charge is 0.454 e. The van der Waals surface area contributed by atoms with Crippen molar-refractivity contribution in [2.75, 3.05) is 0 Å². The number of halogens is 1. The van der Waals surface area contributed by atoms with Crippen molar-refractivity contribution >= 4 is 15.9 Å². The topological polar surface area (TPSA) is 61.0 Å². The van der Waals surface area contributed by atoms with Crippen LogP contribution in [-0.2, 0) is 6.54 Å². The van der Waals surface area contributed by atoms with E-state index in [1.165, 1.54) is 0 Å². The number of ether oxygens (including phenoxy) is 1. The molecule has 0 bridgehead atoms. The molecule has 1 aromatic carbocycles. The minimum atomic E-state index is 0.270. The third-order valence-electron chi connectivity index (χ3n) is 2.60. The fourth-order valence-electron chi connectivity index (χ4n) is 1.56. The van der Waals surface area contributed by atoms with Crippen LogP contribution in [0.3, 0.4) is 0 Å². The summed E-state index contributed by atoms with van der Waals surface area (Å²) in [4.78, 5) is 8.73. The molecule has 0 aliphatic carbocycles. The van der Waals surface area contributed by atoms with Gasteiger partial charge in [-0.15, -0.1) is 0 Å². The summed E-state index contributed by atoms with van der Waals surface area (Å²) in [7, 11) is 0. The van der Waals surface area contributed by atoms with E-state index in [0.29, 0.717) is 12.3 Å². The van der Waals surface area contributed by atoms with E-state index in [0.717, 1.165) is 21.7 Å². The zero-order valence-electron chi connectivity index (χ0n) is 10.9. The van der Waals surface area contributed by atoms with Crippen molar-refractivity contribution in [2.24, 2.45) is 5.73 Å². The summed E-state index contributed by atoms with van der Waals surface area (Å²) < 4.78 is 6.77. The van der Waals surface area contributed by atoms with E-state index in [9.17, 15) is 0 Å². The molecule has 1 aromatic heterocycles. The molecule has 0 atom stereocenters. The van der Waals surface area contributed by atoms with Gasteiger partial charge in [0, 0.05) is 16.9 Å². The van der Waals surface area contributed by atoms with Crippen molar-refractivity contribution in [2.45, 2.75) is 26.3 Å². The summed E-state index contributed by atoms with van der Waals surface area (Å²) in [5, 5.41) is 0. The summed E-state index contributed by atoms with van der Waals surface area (Å²) >= 11 is 3.38. The molecule has 0 fully saturated rings. The minimum absolute atomic E-state index is 0.270. The molecule has 4 nitrogen and oxygen atoms in total. The molecule has 2 aromatic rings. The SMILES string of the molecule is CC(C)c1ncc(Oc2ccc(Br)cc2)c(CN)n1. The number of nitrogens with two attached hydrogens (primary N) is 1. The van der Waals surface area contributed by atoms with E-state index in [1.54, 1.807) is 6.20 Å². The summed E-state index contributed by atoms with van der Waals surface area (Å²) in [6, 6.07) is 7.59. The minimum Gasteiger partial charge on any atom is -0.454 e. The maximum atomic E-state index is 5.76. The molecule has 2 rings (SSSR count). The Labute approximate surface area is 121 Å². The molecule has 0 unspecified atom stereocenters. The number of hydrogen-bond donors (Lipinski definition) is 1. The van der Waals surface area contributed by atoms with E-state index in [1.807, 2.05) is 38.1 Å². The first-order valence-corrected chi connectivity index (χ1v) is 6.88. The monoisotopic (exact) mass is 321 g/mol. The van der Waals surface area contributed by atoms with Gasteiger partial charge < -0.3 is 10.5 Å². The Kier molecular flexibility index (Phi) is 4.50. The van der Waals surface area contributed by atoms with Crippen LogP contribution in [0.15, 0.2) is 34.9 Å². The van der Waals surface area contributed by atoms with Crippen molar-refractivity contribution < 1.29 is 4.74 Å². The van der Waals surface area contributed by atoms with Gasteiger partial charge in [-0.2, -0.15) is 0 Å². The predicted octanol–water partition coefficient (Wildman–Crippen LogP) is 3.61. The van der Waals surface area contributed by atoms with Crippen LogP contribution in [0.2, 0.25) is 0 Å². The van der Waals surface area contributed by atoms with Crippen LogP contribution in [0.25, 0.3) is 0 Å². The van der Waals surface area contributed by atoms with Gasteiger partial charge in [0.2, 0.25) is 0 Å². The van der Waals surface area contributed by atoms with Gasteiger partial charge in [0.05, 0.1) is 6.20 Å². The first-order chi connectivity index (χ1) is 9.10. The maximum Gasteiger partial charge on any atom is 0.168 e. The van der Waals surface area contributed by atoms with Crippen LogP contribution in [-0.4, -0.2) is 9.97 Å². The van der Waals surface area contributed by atoms with Gasteiger partial charge in [-0.1, -0.05) is 29.8 Å². The van der Waals surface area contributed by atoms with Gasteiger partial charge >= 0.3 is 0 Å². The number of benzene rings is 1. The molecular weight excluding hydrogens is 306 g/mol. The second kappa shape index (κ2) is 6.12. The van der Waals surface area contributed by atoms with Gasteiger partial charge in [0.25, 0.3) is 0 Å². The molecule has 1 heterocycles. The van der Waals surface area contributed by atoms with E-state index < -0.39 is 0 Å². The fraction of sp³-hybridized carbons (Fsp3) is 0.286. The summed E-state index contributed by atoms with van der Waals surface area (Å²) in [5.41, 5.74) is 6.44. The fourth-order valence-corrected chi connectivity index (χ4v) is 1.83. The second-order valence-corrected chi connectivity index (χ2v) is 5.37. The summed E-state index contributed by atoms with van der Waals surface area (Å²) in [6.07, 6.45) is 1.69. The first-order valence-electron chi connectivity index (χ1n) is 6.09. The summed E-state index contributed by atoms with van der Waals surface area (Å²) in [6.45, 7) is 4.42. The molecule has 0 aliphatic rings. The van der Waals surface area contributed by atoms with Crippen LogP contribution >= 0.6 is 15.9 Å². The zero-order chi connectivity index (χ0) is 13.8. The Balaban J connectivity index is 2.27. The number of nitrogens with zero attached hydrogens (tertiary/aromatic N) is 2. The highest BCUT2D eigenvalue weighted by molar-refractivity contribution is 9.10. The molecule has 0 amide bonds. The Morgan fingerprint density at radius 1 is 1.26 bits per heavy atom. The molecule has 5 heteroatoms. The smallest absolute Gasteiger partial charge is 0.168 e. The van der Waals surface area contributed by atoms with Crippen LogP contribution < -0.4 is 10.5 Å². The molecule has 0 radical (unpaired) electrons. The molecule has 19 heavy (non-hydrogen) atoms. The number of rotatable bonds is 4. The molecular formula is C14H16BrN3O. The van der Waals surface area contributed by atoms with E-state index >= 15 is 0 Å². The third-order valence-corrected chi connectivity index (χ3v) is 3.13. The standard InChI is InChI=1S/C14H16BrN3O/c1-9(2)14-17-8-13(12(7-16)18-14)19-11-5-3-10(15)4-6-11/h3-6,8-9H,7,16H2,1-2H3. The van der Waals surface area contributed by atoms with Gasteiger partial charge in [-0.25, -0.2) is 9.97 Å². The molecule has 0 saturated heterocycles. The average molecular weight is 322 g/mol. The van der Waals surface area contributed by atoms with E-state index in [-0.39, 0.29) is 5.92 Å². The molecule has 100 valence electrons. The number of aromatic nitrogens is 2. The highest BCUT2D eigenvalue weighted by Crippen LogP contribution is 2.25. The van der Waals surface area contributed by atoms with Crippen LogP contribution in [0.1, 0.15) is 31.3 Å². The van der Waals surface area contributed by atoms with E-state index in [2.05, 4.69) is 25.9 Å². The normalized spacial score (nSPS) is 10.8. The highest BCUT2D eigenvalue weighted by atomic mass is 79.9. The van der Waals surface area contributed by atoms with Crippen LogP contribution in [0.5, 0.6) is 11.5 Å². The second-order valence-electron chi connectivity index (χ2n) is 4.45. The van der Waals surface area contributed by atoms with Crippen LogP contribution in [0, 0.1) is 0 Å². The third kappa shape index (κ3) is 3.52. The lowest BCUT2D eigenvalue weighted by Gasteiger charge is -2.11. The van der Waals surface area contributed by atoms with Gasteiger partial charge in [-0.3, -0.25) is 0 Å². The highest BCUT2D eigenvalue weighted by Gasteiger charge is 2.10.